The summed E-state index contributed by atoms with van der Waals surface area (Å²) in [4.78, 5) is 25.2. The van der Waals surface area contributed by atoms with Crippen LogP contribution in [-0.4, -0.2) is 23.0 Å². The highest BCUT2D eigenvalue weighted by Crippen LogP contribution is 2.29. The molecule has 0 radical (unpaired) electrons. The molecule has 0 aliphatic heterocycles. The molecule has 0 spiro atoms. The first kappa shape index (κ1) is 14.8. The predicted octanol–water partition coefficient (Wildman–Crippen LogP) is 2.78. The van der Waals surface area contributed by atoms with Gasteiger partial charge < -0.3 is 10.4 Å². The molecule has 1 aromatic rings. The van der Waals surface area contributed by atoms with Gasteiger partial charge in [-0.1, -0.05) is 12.2 Å². The van der Waals surface area contributed by atoms with Gasteiger partial charge in [-0.2, -0.15) is 0 Å². The van der Waals surface area contributed by atoms with Gasteiger partial charge in [-0.15, -0.1) is 11.3 Å². The first-order chi connectivity index (χ1) is 9.61. The molecule has 1 amide bonds. The number of carboxylic acids is 1. The van der Waals surface area contributed by atoms with E-state index in [1.807, 2.05) is 13.0 Å². The third-order valence-corrected chi connectivity index (χ3v) is 4.67. The monoisotopic (exact) mass is 293 g/mol. The van der Waals surface area contributed by atoms with Crippen LogP contribution in [0.25, 0.3) is 0 Å². The summed E-state index contributed by atoms with van der Waals surface area (Å²) in [7, 11) is 0. The van der Waals surface area contributed by atoms with E-state index < -0.39 is 12.0 Å². The summed E-state index contributed by atoms with van der Waals surface area (Å²) in [5.41, 5.74) is 1.26. The Balaban J connectivity index is 2.06. The summed E-state index contributed by atoms with van der Waals surface area (Å²) < 4.78 is 0. The van der Waals surface area contributed by atoms with Gasteiger partial charge in [-0.3, -0.25) is 4.79 Å². The van der Waals surface area contributed by atoms with Crippen LogP contribution in [0.1, 0.15) is 46.3 Å². The summed E-state index contributed by atoms with van der Waals surface area (Å²) in [6.45, 7) is 1.83. The van der Waals surface area contributed by atoms with Crippen LogP contribution in [0.15, 0.2) is 18.2 Å². The average Bonchev–Trinajstić information content (AvgIpc) is 2.86. The number of thiophene rings is 1. The van der Waals surface area contributed by atoms with Crippen molar-refractivity contribution >= 4 is 23.2 Å². The molecule has 0 bridgehead atoms. The zero-order valence-electron chi connectivity index (χ0n) is 11.5. The number of aryl methyl sites for hydroxylation is 2. The van der Waals surface area contributed by atoms with Gasteiger partial charge in [-0.05, 0) is 50.7 Å². The normalized spacial score (nSPS) is 15.8. The Labute approximate surface area is 122 Å². The summed E-state index contributed by atoms with van der Waals surface area (Å²) in [5.74, 6) is -1.28. The van der Waals surface area contributed by atoms with Gasteiger partial charge in [0.2, 0.25) is 0 Å². The molecule has 5 heteroatoms. The first-order valence-corrected chi connectivity index (χ1v) is 7.70. The van der Waals surface area contributed by atoms with Gasteiger partial charge in [0.1, 0.15) is 6.04 Å². The molecular formula is C15H19NO3S. The van der Waals surface area contributed by atoms with Crippen molar-refractivity contribution in [3.63, 3.8) is 0 Å². The average molecular weight is 293 g/mol. The highest BCUT2D eigenvalue weighted by molar-refractivity contribution is 7.14. The highest BCUT2D eigenvalue weighted by atomic mass is 32.1. The van der Waals surface area contributed by atoms with Crippen molar-refractivity contribution in [2.75, 3.05) is 0 Å². The molecule has 1 unspecified atom stereocenters. The third-order valence-electron chi connectivity index (χ3n) is 3.43. The molecule has 4 nitrogen and oxygen atoms in total. The zero-order valence-corrected chi connectivity index (χ0v) is 12.3. The quantitative estimate of drug-likeness (QED) is 0.820. The van der Waals surface area contributed by atoms with E-state index in [9.17, 15) is 9.59 Å². The lowest BCUT2D eigenvalue weighted by atomic mass is 9.99. The number of carbonyl (C=O) groups excluding carboxylic acids is 1. The fourth-order valence-corrected chi connectivity index (χ4v) is 3.48. The number of nitrogens with one attached hydrogen (secondary N) is 1. The Hall–Kier alpha value is -1.62. The topological polar surface area (TPSA) is 66.4 Å². The van der Waals surface area contributed by atoms with Gasteiger partial charge in [0.25, 0.3) is 5.91 Å². The van der Waals surface area contributed by atoms with Crippen molar-refractivity contribution in [1.29, 1.82) is 0 Å². The van der Waals surface area contributed by atoms with Crippen LogP contribution < -0.4 is 5.32 Å². The Morgan fingerprint density at radius 1 is 1.45 bits per heavy atom. The van der Waals surface area contributed by atoms with E-state index in [2.05, 4.69) is 5.32 Å². The number of allylic oxidation sites excluding steroid dienone is 1. The number of carboxylic acid groups (broad SMARTS) is 1. The van der Waals surface area contributed by atoms with E-state index in [1.165, 1.54) is 34.6 Å². The molecule has 0 aromatic carbocycles. The number of hydrogen-bond acceptors (Lipinski definition) is 3. The van der Waals surface area contributed by atoms with E-state index in [-0.39, 0.29) is 5.91 Å². The summed E-state index contributed by atoms with van der Waals surface area (Å²) in [6, 6.07) is 1.06. The summed E-state index contributed by atoms with van der Waals surface area (Å²) >= 11 is 1.50. The maximum absolute atomic E-state index is 12.2. The standard InChI is InChI=1S/C15H19NO3S/c1-2-3-7-11(15(18)19)16-14(17)13-9-10-6-4-5-8-12(10)20-13/h2-3,9,11H,4-8H2,1H3,(H,16,17)(H,18,19)/b3-2+. The van der Waals surface area contributed by atoms with E-state index in [0.29, 0.717) is 11.3 Å². The Morgan fingerprint density at radius 2 is 2.20 bits per heavy atom. The van der Waals surface area contributed by atoms with Crippen LogP contribution in [0, 0.1) is 0 Å². The summed E-state index contributed by atoms with van der Waals surface area (Å²) in [5, 5.41) is 11.7. The second-order valence-corrected chi connectivity index (χ2v) is 6.07. The van der Waals surface area contributed by atoms with Gasteiger partial charge >= 0.3 is 5.97 Å². The predicted molar refractivity (Wildman–Crippen MR) is 79.3 cm³/mol. The van der Waals surface area contributed by atoms with Gasteiger partial charge in [0, 0.05) is 4.88 Å². The Bertz CT molecular complexity index is 510. The van der Waals surface area contributed by atoms with Crippen LogP contribution in [-0.2, 0) is 17.6 Å². The number of amides is 1. The fraction of sp³-hybridized carbons (Fsp3) is 0.467. The molecule has 2 rings (SSSR count). The van der Waals surface area contributed by atoms with Crippen molar-refractivity contribution in [3.05, 3.63) is 33.5 Å². The molecule has 0 saturated carbocycles. The first-order valence-electron chi connectivity index (χ1n) is 6.88. The highest BCUT2D eigenvalue weighted by Gasteiger charge is 2.22. The Kier molecular flexibility index (Phi) is 4.95. The van der Waals surface area contributed by atoms with Crippen LogP contribution in [0.4, 0.5) is 0 Å². The van der Waals surface area contributed by atoms with Crippen molar-refractivity contribution in [3.8, 4) is 0 Å². The van der Waals surface area contributed by atoms with Crippen LogP contribution in [0.2, 0.25) is 0 Å². The van der Waals surface area contributed by atoms with Gasteiger partial charge in [0.15, 0.2) is 0 Å². The number of rotatable bonds is 5. The smallest absolute Gasteiger partial charge is 0.326 e. The van der Waals surface area contributed by atoms with E-state index in [0.717, 1.165) is 12.8 Å². The number of carbonyl (C=O) groups is 2. The lowest BCUT2D eigenvalue weighted by Gasteiger charge is -2.11. The largest absolute Gasteiger partial charge is 0.480 e. The number of hydrogen-bond donors (Lipinski definition) is 2. The van der Waals surface area contributed by atoms with E-state index in [1.54, 1.807) is 12.2 Å². The minimum atomic E-state index is -1.00. The molecule has 20 heavy (non-hydrogen) atoms. The van der Waals surface area contributed by atoms with Crippen molar-refractivity contribution in [1.82, 2.24) is 5.32 Å². The number of fused-ring (bicyclic) bond motifs is 1. The molecule has 0 fully saturated rings. The van der Waals surface area contributed by atoms with Crippen LogP contribution in [0.5, 0.6) is 0 Å². The lowest BCUT2D eigenvalue weighted by Crippen LogP contribution is -2.40. The molecule has 1 atom stereocenters. The van der Waals surface area contributed by atoms with Crippen molar-refractivity contribution in [2.45, 2.75) is 45.1 Å². The minimum absolute atomic E-state index is 0.277. The SMILES string of the molecule is C/C=C/CC(NC(=O)c1cc2c(s1)CCCC2)C(=O)O. The van der Waals surface area contributed by atoms with Gasteiger partial charge in [0.05, 0.1) is 4.88 Å². The molecule has 1 aromatic heterocycles. The van der Waals surface area contributed by atoms with E-state index in [4.69, 9.17) is 5.11 Å². The minimum Gasteiger partial charge on any atom is -0.480 e. The zero-order chi connectivity index (χ0) is 14.5. The molecule has 1 heterocycles. The van der Waals surface area contributed by atoms with Gasteiger partial charge in [-0.25, -0.2) is 4.79 Å². The molecule has 0 saturated heterocycles. The second kappa shape index (κ2) is 6.70. The molecule has 1 aliphatic carbocycles. The maximum Gasteiger partial charge on any atom is 0.326 e. The van der Waals surface area contributed by atoms with Crippen molar-refractivity contribution < 1.29 is 14.7 Å². The molecule has 2 N–H and O–H groups in total. The lowest BCUT2D eigenvalue weighted by molar-refractivity contribution is -0.139. The Morgan fingerprint density at radius 3 is 2.85 bits per heavy atom. The maximum atomic E-state index is 12.2. The molecular weight excluding hydrogens is 274 g/mol. The second-order valence-electron chi connectivity index (χ2n) is 4.94. The molecule has 1 aliphatic rings. The van der Waals surface area contributed by atoms with E-state index >= 15 is 0 Å². The molecule has 108 valence electrons. The fourth-order valence-electron chi connectivity index (χ4n) is 2.33. The third kappa shape index (κ3) is 3.48. The summed E-state index contributed by atoms with van der Waals surface area (Å²) in [6.07, 6.45) is 8.25. The van der Waals surface area contributed by atoms with Crippen molar-refractivity contribution in [2.24, 2.45) is 0 Å². The number of aliphatic carboxylic acids is 1. The van der Waals surface area contributed by atoms with Crippen LogP contribution >= 0.6 is 11.3 Å². The van der Waals surface area contributed by atoms with Crippen LogP contribution in [0.3, 0.4) is 0 Å².